The Morgan fingerprint density at radius 3 is 2.34 bits per heavy atom. The molecule has 3 rings (SSSR count). The Hall–Kier alpha value is -3.13. The highest BCUT2D eigenvalue weighted by molar-refractivity contribution is 7.94. The molecule has 1 N–H and O–H groups in total. The number of sulfone groups is 1. The average molecular weight is 415 g/mol. The number of hydrogen-bond acceptors (Lipinski definition) is 6. The smallest absolute Gasteiger partial charge is 0.306 e. The lowest BCUT2D eigenvalue weighted by molar-refractivity contribution is -0.145. The van der Waals surface area contributed by atoms with Gasteiger partial charge in [0.15, 0.2) is 9.84 Å². The van der Waals surface area contributed by atoms with E-state index in [1.165, 1.54) is 6.08 Å². The predicted octanol–water partition coefficient (Wildman–Crippen LogP) is 2.94. The molecule has 152 valence electrons. The number of amides is 1. The molecular weight excluding hydrogens is 394 g/mol. The summed E-state index contributed by atoms with van der Waals surface area (Å²) in [6.07, 6.45) is 1.55. The van der Waals surface area contributed by atoms with Crippen molar-refractivity contribution in [3.63, 3.8) is 0 Å². The van der Waals surface area contributed by atoms with E-state index in [4.69, 9.17) is 9.47 Å². The molecule has 0 fully saturated rings. The van der Waals surface area contributed by atoms with Crippen molar-refractivity contribution in [1.82, 2.24) is 0 Å². The van der Waals surface area contributed by atoms with Gasteiger partial charge >= 0.3 is 5.97 Å². The minimum Gasteiger partial charge on any atom is -0.497 e. The molecule has 29 heavy (non-hydrogen) atoms. The van der Waals surface area contributed by atoms with E-state index in [9.17, 15) is 18.0 Å². The van der Waals surface area contributed by atoms with Gasteiger partial charge in [0.1, 0.15) is 12.4 Å². The van der Waals surface area contributed by atoms with Gasteiger partial charge in [-0.05, 0) is 42.0 Å². The number of benzene rings is 2. The Morgan fingerprint density at radius 2 is 1.76 bits per heavy atom. The van der Waals surface area contributed by atoms with Crippen molar-refractivity contribution in [1.29, 1.82) is 0 Å². The highest BCUT2D eigenvalue weighted by atomic mass is 32.2. The van der Waals surface area contributed by atoms with Crippen LogP contribution in [0.1, 0.15) is 22.3 Å². The van der Waals surface area contributed by atoms with E-state index in [0.717, 1.165) is 11.0 Å². The van der Waals surface area contributed by atoms with Crippen LogP contribution in [0.5, 0.6) is 5.75 Å². The zero-order valence-corrected chi connectivity index (χ0v) is 16.6. The van der Waals surface area contributed by atoms with Crippen LogP contribution in [-0.2, 0) is 26.0 Å². The fourth-order valence-corrected chi connectivity index (χ4v) is 4.23. The van der Waals surface area contributed by atoms with Gasteiger partial charge in [0.25, 0.3) is 5.91 Å². The summed E-state index contributed by atoms with van der Waals surface area (Å²) in [5.74, 6) is -0.407. The highest BCUT2D eigenvalue weighted by Crippen LogP contribution is 2.19. The fourth-order valence-electron chi connectivity index (χ4n) is 2.83. The first-order chi connectivity index (χ1) is 13.8. The molecule has 0 aromatic heterocycles. The molecule has 1 atom stereocenters. The number of carbonyl (C=O) groups excluding carboxylic acids is 2. The SMILES string of the molecule is COc1ccc(NC(=O)c2ccc(COC(=O)CC3C=CS(=O)(=O)C3)cc2)cc1. The van der Waals surface area contributed by atoms with Crippen molar-refractivity contribution in [2.75, 3.05) is 18.2 Å². The fraction of sp³-hybridized carbons (Fsp3) is 0.238. The molecule has 1 amide bonds. The molecule has 0 spiro atoms. The van der Waals surface area contributed by atoms with Crippen LogP contribution in [0, 0.1) is 5.92 Å². The van der Waals surface area contributed by atoms with Crippen molar-refractivity contribution >= 4 is 27.4 Å². The second-order valence-electron chi connectivity index (χ2n) is 6.66. The number of methoxy groups -OCH3 is 1. The minimum atomic E-state index is -3.18. The van der Waals surface area contributed by atoms with E-state index < -0.39 is 15.8 Å². The molecule has 1 unspecified atom stereocenters. The first-order valence-corrected chi connectivity index (χ1v) is 10.7. The minimum absolute atomic E-state index is 0.0259. The van der Waals surface area contributed by atoms with Crippen molar-refractivity contribution in [3.05, 3.63) is 71.1 Å². The zero-order chi connectivity index (χ0) is 20.9. The zero-order valence-electron chi connectivity index (χ0n) is 15.8. The Balaban J connectivity index is 1.48. The van der Waals surface area contributed by atoms with E-state index in [1.54, 1.807) is 55.6 Å². The standard InChI is InChI=1S/C21H21NO6S/c1-27-19-8-6-18(7-9-19)22-21(24)17-4-2-15(3-5-17)13-28-20(23)12-16-10-11-29(25,26)14-16/h2-11,16H,12-14H2,1H3,(H,22,24). The molecule has 1 heterocycles. The van der Waals surface area contributed by atoms with Crippen LogP contribution in [0.15, 0.2) is 60.0 Å². The molecule has 7 nitrogen and oxygen atoms in total. The summed E-state index contributed by atoms with van der Waals surface area (Å²) in [6, 6.07) is 13.7. The van der Waals surface area contributed by atoms with Gasteiger partial charge in [-0.15, -0.1) is 0 Å². The number of carbonyl (C=O) groups is 2. The Morgan fingerprint density at radius 1 is 1.07 bits per heavy atom. The lowest BCUT2D eigenvalue weighted by atomic mass is 10.1. The van der Waals surface area contributed by atoms with Gasteiger partial charge in [-0.25, -0.2) is 8.42 Å². The number of allylic oxidation sites excluding steroid dienone is 1. The lowest BCUT2D eigenvalue weighted by Crippen LogP contribution is -2.14. The van der Waals surface area contributed by atoms with E-state index in [2.05, 4.69) is 5.32 Å². The van der Waals surface area contributed by atoms with E-state index in [-0.39, 0.29) is 30.6 Å². The van der Waals surface area contributed by atoms with Crippen LogP contribution in [0.4, 0.5) is 5.69 Å². The topological polar surface area (TPSA) is 98.8 Å². The van der Waals surface area contributed by atoms with Crippen LogP contribution in [0.3, 0.4) is 0 Å². The number of ether oxygens (including phenoxy) is 2. The highest BCUT2D eigenvalue weighted by Gasteiger charge is 2.24. The summed E-state index contributed by atoms with van der Waals surface area (Å²) >= 11 is 0. The third-order valence-electron chi connectivity index (χ3n) is 4.40. The first kappa shape index (κ1) is 20.6. The Labute approximate surface area is 169 Å². The van der Waals surface area contributed by atoms with Crippen LogP contribution in [-0.4, -0.2) is 33.2 Å². The predicted molar refractivity (Wildman–Crippen MR) is 108 cm³/mol. The maximum atomic E-state index is 12.3. The van der Waals surface area contributed by atoms with Crippen LogP contribution in [0.2, 0.25) is 0 Å². The third kappa shape index (κ3) is 5.92. The molecular formula is C21H21NO6S. The summed E-state index contributed by atoms with van der Waals surface area (Å²) in [6.45, 7) is 0.0579. The first-order valence-electron chi connectivity index (χ1n) is 8.95. The summed E-state index contributed by atoms with van der Waals surface area (Å²) < 4.78 is 33.0. The van der Waals surface area contributed by atoms with E-state index in [1.807, 2.05) is 0 Å². The Bertz CT molecular complexity index is 1010. The second-order valence-corrected chi connectivity index (χ2v) is 8.59. The van der Waals surface area contributed by atoms with Crippen molar-refractivity contribution in [3.8, 4) is 5.75 Å². The lowest BCUT2D eigenvalue weighted by Gasteiger charge is -2.09. The van der Waals surface area contributed by atoms with Gasteiger partial charge < -0.3 is 14.8 Å². The third-order valence-corrected chi connectivity index (χ3v) is 5.86. The molecule has 1 aliphatic heterocycles. The average Bonchev–Trinajstić information content (AvgIpc) is 3.05. The van der Waals surface area contributed by atoms with E-state index in [0.29, 0.717) is 17.0 Å². The number of rotatable bonds is 7. The summed E-state index contributed by atoms with van der Waals surface area (Å²) in [7, 11) is -1.61. The van der Waals surface area contributed by atoms with Crippen LogP contribution >= 0.6 is 0 Å². The largest absolute Gasteiger partial charge is 0.497 e. The normalized spacial score (nSPS) is 16.9. The van der Waals surface area contributed by atoms with Crippen LogP contribution < -0.4 is 10.1 Å². The molecule has 8 heteroatoms. The molecule has 2 aromatic rings. The summed E-state index contributed by atoms with van der Waals surface area (Å²) in [5, 5.41) is 3.93. The maximum Gasteiger partial charge on any atom is 0.306 e. The van der Waals surface area contributed by atoms with Gasteiger partial charge in [-0.1, -0.05) is 18.2 Å². The van der Waals surface area contributed by atoms with E-state index >= 15 is 0 Å². The second kappa shape index (κ2) is 8.91. The summed E-state index contributed by atoms with van der Waals surface area (Å²) in [4.78, 5) is 24.2. The van der Waals surface area contributed by atoms with Crippen molar-refractivity contribution < 1.29 is 27.5 Å². The molecule has 0 aliphatic carbocycles. The number of nitrogens with one attached hydrogen (secondary N) is 1. The van der Waals surface area contributed by atoms with Gasteiger partial charge in [0.05, 0.1) is 19.3 Å². The van der Waals surface area contributed by atoms with Crippen molar-refractivity contribution in [2.24, 2.45) is 5.92 Å². The number of esters is 1. The quantitative estimate of drug-likeness (QED) is 0.698. The number of anilines is 1. The van der Waals surface area contributed by atoms with Crippen LogP contribution in [0.25, 0.3) is 0 Å². The molecule has 2 aromatic carbocycles. The van der Waals surface area contributed by atoms with Gasteiger partial charge in [0.2, 0.25) is 0 Å². The molecule has 0 radical (unpaired) electrons. The molecule has 1 aliphatic rings. The van der Waals surface area contributed by atoms with Crippen molar-refractivity contribution in [2.45, 2.75) is 13.0 Å². The molecule has 0 saturated carbocycles. The Kier molecular flexibility index (Phi) is 6.33. The van der Waals surface area contributed by atoms with Gasteiger partial charge in [0, 0.05) is 22.6 Å². The van der Waals surface area contributed by atoms with Gasteiger partial charge in [-0.2, -0.15) is 0 Å². The monoisotopic (exact) mass is 415 g/mol. The maximum absolute atomic E-state index is 12.3. The van der Waals surface area contributed by atoms with Gasteiger partial charge in [-0.3, -0.25) is 9.59 Å². The number of hydrogen-bond donors (Lipinski definition) is 1. The summed E-state index contributed by atoms with van der Waals surface area (Å²) in [5.41, 5.74) is 1.85. The molecule has 0 saturated heterocycles. The molecule has 0 bridgehead atoms.